The van der Waals surface area contributed by atoms with Crippen LogP contribution in [-0.2, 0) is 0 Å². The molecule has 1 amide bonds. The van der Waals surface area contributed by atoms with Crippen molar-refractivity contribution in [1.82, 2.24) is 4.98 Å². The van der Waals surface area contributed by atoms with Crippen LogP contribution in [0.1, 0.15) is 32.5 Å². The third kappa shape index (κ3) is 3.25. The molecule has 116 valence electrons. The predicted molar refractivity (Wildman–Crippen MR) is 84.4 cm³/mol. The standard InChI is InChI=1S/C15H16N2O4S/c1-8-11(20-3)5-10(6-12(8)21-4)14(19)17-15-16-7-13(22-15)9(2)18/h5-7H,1-4H3,(H,16,17,19). The Hall–Kier alpha value is -2.41. The highest BCUT2D eigenvalue weighted by atomic mass is 32.1. The van der Waals surface area contributed by atoms with Crippen LogP contribution in [0.15, 0.2) is 18.3 Å². The normalized spacial score (nSPS) is 10.2. The topological polar surface area (TPSA) is 77.5 Å². The molecule has 0 atom stereocenters. The van der Waals surface area contributed by atoms with Gasteiger partial charge in [0.2, 0.25) is 0 Å². The second-order valence-corrected chi connectivity index (χ2v) is 5.58. The summed E-state index contributed by atoms with van der Waals surface area (Å²) in [6, 6.07) is 3.26. The largest absolute Gasteiger partial charge is 0.496 e. The predicted octanol–water partition coefficient (Wildman–Crippen LogP) is 2.92. The Morgan fingerprint density at radius 1 is 1.18 bits per heavy atom. The summed E-state index contributed by atoms with van der Waals surface area (Å²) in [6.45, 7) is 3.30. The van der Waals surface area contributed by atoms with E-state index in [4.69, 9.17) is 9.47 Å². The Bertz CT molecular complexity index is 699. The van der Waals surface area contributed by atoms with Gasteiger partial charge in [0.15, 0.2) is 10.9 Å². The van der Waals surface area contributed by atoms with E-state index in [0.717, 1.165) is 16.9 Å². The number of thiazole rings is 1. The first-order valence-electron chi connectivity index (χ1n) is 6.47. The van der Waals surface area contributed by atoms with Crippen molar-refractivity contribution in [2.24, 2.45) is 0 Å². The molecule has 1 aromatic carbocycles. The van der Waals surface area contributed by atoms with E-state index < -0.39 is 0 Å². The van der Waals surface area contributed by atoms with Crippen LogP contribution in [0.3, 0.4) is 0 Å². The molecule has 6 nitrogen and oxygen atoms in total. The molecule has 2 aromatic rings. The highest BCUT2D eigenvalue weighted by Gasteiger charge is 2.15. The SMILES string of the molecule is COc1cc(C(=O)Nc2ncc(C(C)=O)s2)cc(OC)c1C. The summed E-state index contributed by atoms with van der Waals surface area (Å²) in [4.78, 5) is 28.0. The third-order valence-electron chi connectivity index (χ3n) is 3.09. The lowest BCUT2D eigenvalue weighted by molar-refractivity contribution is 0.101. The Morgan fingerprint density at radius 3 is 2.23 bits per heavy atom. The van der Waals surface area contributed by atoms with Crippen molar-refractivity contribution in [3.8, 4) is 11.5 Å². The number of benzene rings is 1. The number of rotatable bonds is 5. The highest BCUT2D eigenvalue weighted by Crippen LogP contribution is 2.30. The van der Waals surface area contributed by atoms with Crippen molar-refractivity contribution < 1.29 is 19.1 Å². The molecule has 0 radical (unpaired) electrons. The number of hydrogen-bond donors (Lipinski definition) is 1. The van der Waals surface area contributed by atoms with E-state index in [0.29, 0.717) is 27.1 Å². The molecule has 0 aliphatic carbocycles. The minimum atomic E-state index is -0.346. The van der Waals surface area contributed by atoms with Gasteiger partial charge < -0.3 is 9.47 Å². The fourth-order valence-electron chi connectivity index (χ4n) is 1.88. The monoisotopic (exact) mass is 320 g/mol. The molecule has 1 aromatic heterocycles. The maximum atomic E-state index is 12.3. The van der Waals surface area contributed by atoms with Crippen LogP contribution in [0.4, 0.5) is 5.13 Å². The third-order valence-corrected chi connectivity index (χ3v) is 4.10. The number of nitrogens with one attached hydrogen (secondary N) is 1. The zero-order valence-electron chi connectivity index (χ0n) is 12.7. The molecule has 0 fully saturated rings. The van der Waals surface area contributed by atoms with Crippen molar-refractivity contribution in [2.45, 2.75) is 13.8 Å². The average Bonchev–Trinajstić information content (AvgIpc) is 2.96. The van der Waals surface area contributed by atoms with Crippen LogP contribution in [-0.4, -0.2) is 30.9 Å². The number of hydrogen-bond acceptors (Lipinski definition) is 6. The first-order valence-corrected chi connectivity index (χ1v) is 7.28. The Morgan fingerprint density at radius 2 is 1.77 bits per heavy atom. The summed E-state index contributed by atoms with van der Waals surface area (Å²) in [7, 11) is 3.06. The number of anilines is 1. The summed E-state index contributed by atoms with van der Waals surface area (Å²) in [5, 5.41) is 3.03. The van der Waals surface area contributed by atoms with Crippen molar-refractivity contribution in [3.05, 3.63) is 34.3 Å². The minimum absolute atomic E-state index is 0.0864. The molecule has 0 aliphatic rings. The number of Topliss-reactive ketones (excluding diaryl/α,β-unsaturated/α-hetero) is 1. The summed E-state index contributed by atoms with van der Waals surface area (Å²) < 4.78 is 10.5. The molecule has 22 heavy (non-hydrogen) atoms. The van der Waals surface area contributed by atoms with Crippen molar-refractivity contribution in [1.29, 1.82) is 0 Å². The van der Waals surface area contributed by atoms with E-state index in [1.165, 1.54) is 27.3 Å². The molecule has 1 heterocycles. The number of ether oxygens (including phenoxy) is 2. The van der Waals surface area contributed by atoms with Gasteiger partial charge in [0, 0.05) is 18.1 Å². The molecule has 0 saturated carbocycles. The fraction of sp³-hybridized carbons (Fsp3) is 0.267. The summed E-state index contributed by atoms with van der Waals surface area (Å²) >= 11 is 1.13. The number of methoxy groups -OCH3 is 2. The van der Waals surface area contributed by atoms with Gasteiger partial charge in [-0.25, -0.2) is 4.98 Å². The van der Waals surface area contributed by atoms with E-state index in [9.17, 15) is 9.59 Å². The average molecular weight is 320 g/mol. The Balaban J connectivity index is 2.26. The number of amides is 1. The van der Waals surface area contributed by atoms with Crippen molar-refractivity contribution in [3.63, 3.8) is 0 Å². The molecule has 0 saturated heterocycles. The van der Waals surface area contributed by atoms with Gasteiger partial charge in [-0.05, 0) is 19.1 Å². The zero-order valence-corrected chi connectivity index (χ0v) is 13.5. The van der Waals surface area contributed by atoms with Gasteiger partial charge in [-0.3, -0.25) is 14.9 Å². The van der Waals surface area contributed by atoms with Gasteiger partial charge in [-0.1, -0.05) is 11.3 Å². The molecule has 0 spiro atoms. The molecular formula is C15H16N2O4S. The maximum absolute atomic E-state index is 12.3. The van der Waals surface area contributed by atoms with Crippen LogP contribution in [0.25, 0.3) is 0 Å². The molecule has 2 rings (SSSR count). The molecule has 7 heteroatoms. The molecule has 1 N–H and O–H groups in total. The van der Waals surface area contributed by atoms with Crippen LogP contribution in [0.2, 0.25) is 0 Å². The van der Waals surface area contributed by atoms with Crippen LogP contribution < -0.4 is 14.8 Å². The van der Waals surface area contributed by atoms with Gasteiger partial charge in [0.05, 0.1) is 25.3 Å². The van der Waals surface area contributed by atoms with Crippen molar-refractivity contribution >= 4 is 28.2 Å². The fourth-order valence-corrected chi connectivity index (χ4v) is 2.59. The van der Waals surface area contributed by atoms with Gasteiger partial charge in [-0.2, -0.15) is 0 Å². The quantitative estimate of drug-likeness (QED) is 0.857. The zero-order chi connectivity index (χ0) is 16.3. The minimum Gasteiger partial charge on any atom is -0.496 e. The molecule has 0 aliphatic heterocycles. The van der Waals surface area contributed by atoms with Crippen LogP contribution in [0.5, 0.6) is 11.5 Å². The first kappa shape index (κ1) is 16.0. The second-order valence-electron chi connectivity index (χ2n) is 4.55. The lowest BCUT2D eigenvalue weighted by atomic mass is 10.1. The number of aromatic nitrogens is 1. The van der Waals surface area contributed by atoms with Gasteiger partial charge in [0.25, 0.3) is 5.91 Å². The number of nitrogens with zero attached hydrogens (tertiary/aromatic N) is 1. The Labute approximate surface area is 132 Å². The first-order chi connectivity index (χ1) is 10.5. The summed E-state index contributed by atoms with van der Waals surface area (Å²) in [5.41, 5.74) is 1.20. The van der Waals surface area contributed by atoms with E-state index >= 15 is 0 Å². The maximum Gasteiger partial charge on any atom is 0.257 e. The van der Waals surface area contributed by atoms with Crippen molar-refractivity contribution in [2.75, 3.05) is 19.5 Å². The van der Waals surface area contributed by atoms with E-state index in [-0.39, 0.29) is 11.7 Å². The second kappa shape index (κ2) is 6.57. The smallest absolute Gasteiger partial charge is 0.257 e. The number of carbonyl (C=O) groups is 2. The molecular weight excluding hydrogens is 304 g/mol. The summed E-state index contributed by atoms with van der Waals surface area (Å²) in [6.07, 6.45) is 1.44. The lowest BCUT2D eigenvalue weighted by Gasteiger charge is -2.12. The van der Waals surface area contributed by atoms with E-state index in [1.807, 2.05) is 6.92 Å². The number of ketones is 1. The van der Waals surface area contributed by atoms with E-state index in [2.05, 4.69) is 10.3 Å². The van der Waals surface area contributed by atoms with E-state index in [1.54, 1.807) is 12.1 Å². The van der Waals surface area contributed by atoms with Gasteiger partial charge >= 0.3 is 0 Å². The van der Waals surface area contributed by atoms with Crippen LogP contribution >= 0.6 is 11.3 Å². The molecule has 0 unspecified atom stereocenters. The Kier molecular flexibility index (Phi) is 4.77. The highest BCUT2D eigenvalue weighted by molar-refractivity contribution is 7.17. The number of carbonyl (C=O) groups excluding carboxylic acids is 2. The summed E-state index contributed by atoms with van der Waals surface area (Å²) in [5.74, 6) is 0.693. The van der Waals surface area contributed by atoms with Crippen LogP contribution in [0, 0.1) is 6.92 Å². The van der Waals surface area contributed by atoms with Gasteiger partial charge in [0.1, 0.15) is 11.5 Å². The lowest BCUT2D eigenvalue weighted by Crippen LogP contribution is -2.12. The van der Waals surface area contributed by atoms with Gasteiger partial charge in [-0.15, -0.1) is 0 Å². The molecule has 0 bridgehead atoms.